The van der Waals surface area contributed by atoms with Gasteiger partial charge >= 0.3 is 7.05 Å². The highest BCUT2D eigenvalue weighted by Gasteiger charge is 1.98. The molecule has 60 valence electrons. The van der Waals surface area contributed by atoms with Gasteiger partial charge in [-0.1, -0.05) is 6.42 Å². The SMILES string of the molecule is CB(O)NCCCCCN. The normalized spacial score (nSPS) is 9.90. The van der Waals surface area contributed by atoms with Gasteiger partial charge in [0.15, 0.2) is 0 Å². The zero-order chi connectivity index (χ0) is 7.82. The molecule has 4 heteroatoms. The van der Waals surface area contributed by atoms with Gasteiger partial charge in [-0.05, 0) is 32.8 Å². The molecule has 0 saturated heterocycles. The monoisotopic (exact) mass is 144 g/mol. The molecule has 0 aromatic heterocycles. The summed E-state index contributed by atoms with van der Waals surface area (Å²) in [6.45, 7) is 3.38. The van der Waals surface area contributed by atoms with E-state index in [1.54, 1.807) is 6.82 Å². The second-order valence-electron chi connectivity index (χ2n) is 2.48. The van der Waals surface area contributed by atoms with Gasteiger partial charge in [-0.25, -0.2) is 0 Å². The molecular formula is C6H17BN2O. The van der Waals surface area contributed by atoms with E-state index >= 15 is 0 Å². The molecule has 0 aromatic carbocycles. The zero-order valence-corrected chi connectivity index (χ0v) is 6.64. The van der Waals surface area contributed by atoms with Crippen LogP contribution in [0.2, 0.25) is 6.82 Å². The van der Waals surface area contributed by atoms with Crippen LogP contribution in [0.5, 0.6) is 0 Å². The Morgan fingerprint density at radius 1 is 1.40 bits per heavy atom. The second kappa shape index (κ2) is 7.06. The molecule has 0 spiro atoms. The molecule has 0 bridgehead atoms. The Balaban J connectivity index is 2.77. The van der Waals surface area contributed by atoms with E-state index in [1.807, 2.05) is 0 Å². The first-order chi connectivity index (χ1) is 4.77. The lowest BCUT2D eigenvalue weighted by Gasteiger charge is -2.02. The molecule has 0 amide bonds. The summed E-state index contributed by atoms with van der Waals surface area (Å²) in [5.74, 6) is 0. The minimum atomic E-state index is -0.377. The first-order valence-electron chi connectivity index (χ1n) is 3.89. The van der Waals surface area contributed by atoms with E-state index in [0.29, 0.717) is 0 Å². The summed E-state index contributed by atoms with van der Waals surface area (Å²) in [7, 11) is -0.377. The maximum atomic E-state index is 8.77. The Morgan fingerprint density at radius 2 is 2.10 bits per heavy atom. The summed E-state index contributed by atoms with van der Waals surface area (Å²) in [6, 6.07) is 0. The summed E-state index contributed by atoms with van der Waals surface area (Å²) in [5.41, 5.74) is 5.30. The van der Waals surface area contributed by atoms with Gasteiger partial charge in [-0.2, -0.15) is 0 Å². The Hall–Kier alpha value is -0.0551. The smallest absolute Gasteiger partial charge is 0.373 e. The van der Waals surface area contributed by atoms with Crippen molar-refractivity contribution in [2.75, 3.05) is 13.1 Å². The predicted octanol–water partition coefficient (Wildman–Crippen LogP) is -0.185. The van der Waals surface area contributed by atoms with Crippen molar-refractivity contribution in [1.29, 1.82) is 0 Å². The van der Waals surface area contributed by atoms with Crippen LogP contribution in [0.1, 0.15) is 19.3 Å². The largest absolute Gasteiger partial charge is 0.437 e. The third-order valence-electron chi connectivity index (χ3n) is 1.32. The van der Waals surface area contributed by atoms with Crippen molar-refractivity contribution >= 4 is 7.05 Å². The van der Waals surface area contributed by atoms with Crippen molar-refractivity contribution in [3.63, 3.8) is 0 Å². The number of hydrogen-bond donors (Lipinski definition) is 3. The van der Waals surface area contributed by atoms with E-state index in [1.165, 1.54) is 0 Å². The minimum Gasteiger partial charge on any atom is -0.437 e. The van der Waals surface area contributed by atoms with Crippen molar-refractivity contribution in [2.45, 2.75) is 26.1 Å². The maximum Gasteiger partial charge on any atom is 0.373 e. The van der Waals surface area contributed by atoms with E-state index in [9.17, 15) is 0 Å². The van der Waals surface area contributed by atoms with Gasteiger partial charge in [-0.15, -0.1) is 0 Å². The van der Waals surface area contributed by atoms with Gasteiger partial charge in [0, 0.05) is 0 Å². The molecular weight excluding hydrogens is 127 g/mol. The Morgan fingerprint density at radius 3 is 2.60 bits per heavy atom. The zero-order valence-electron chi connectivity index (χ0n) is 6.64. The molecule has 0 heterocycles. The quantitative estimate of drug-likeness (QED) is 0.358. The topological polar surface area (TPSA) is 58.3 Å². The van der Waals surface area contributed by atoms with Gasteiger partial charge in [0.05, 0.1) is 0 Å². The van der Waals surface area contributed by atoms with Crippen LogP contribution < -0.4 is 11.0 Å². The third-order valence-corrected chi connectivity index (χ3v) is 1.32. The van der Waals surface area contributed by atoms with Crippen LogP contribution >= 0.6 is 0 Å². The van der Waals surface area contributed by atoms with E-state index in [4.69, 9.17) is 10.8 Å². The third kappa shape index (κ3) is 7.94. The molecule has 0 atom stereocenters. The van der Waals surface area contributed by atoms with Crippen LogP contribution in [-0.4, -0.2) is 25.2 Å². The summed E-state index contributed by atoms with van der Waals surface area (Å²) in [6.07, 6.45) is 3.33. The molecule has 10 heavy (non-hydrogen) atoms. The predicted molar refractivity (Wildman–Crippen MR) is 44.7 cm³/mol. The molecule has 0 unspecified atom stereocenters. The maximum absolute atomic E-state index is 8.77. The fourth-order valence-electron chi connectivity index (χ4n) is 0.757. The number of nitrogens with two attached hydrogens (primary N) is 1. The Labute approximate surface area is 63.1 Å². The second-order valence-corrected chi connectivity index (χ2v) is 2.48. The van der Waals surface area contributed by atoms with Gasteiger partial charge in [0.25, 0.3) is 0 Å². The molecule has 3 nitrogen and oxygen atoms in total. The van der Waals surface area contributed by atoms with Crippen molar-refractivity contribution < 1.29 is 5.02 Å². The van der Waals surface area contributed by atoms with Crippen molar-refractivity contribution in [1.82, 2.24) is 5.23 Å². The number of nitrogens with one attached hydrogen (secondary N) is 1. The van der Waals surface area contributed by atoms with E-state index in [-0.39, 0.29) is 7.05 Å². The molecule has 4 N–H and O–H groups in total. The molecule has 0 rings (SSSR count). The molecule has 0 aliphatic carbocycles. The van der Waals surface area contributed by atoms with E-state index in [0.717, 1.165) is 32.4 Å². The molecule has 0 aliphatic rings. The van der Waals surface area contributed by atoms with Crippen LogP contribution in [0.15, 0.2) is 0 Å². The first kappa shape index (κ1) is 9.94. The standard InChI is InChI=1S/C6H17BN2O/c1-7(10)9-6-4-2-3-5-8/h9-10H,2-6,8H2,1H3. The van der Waals surface area contributed by atoms with Crippen LogP contribution in [0.25, 0.3) is 0 Å². The van der Waals surface area contributed by atoms with E-state index < -0.39 is 0 Å². The number of hydrogen-bond acceptors (Lipinski definition) is 3. The minimum absolute atomic E-state index is 0.377. The lowest BCUT2D eigenvalue weighted by atomic mass is 9.89. The number of unbranched alkanes of at least 4 members (excludes halogenated alkanes) is 2. The van der Waals surface area contributed by atoms with Gasteiger partial charge in [-0.3, -0.25) is 0 Å². The van der Waals surface area contributed by atoms with Crippen LogP contribution in [0.3, 0.4) is 0 Å². The Kier molecular flexibility index (Phi) is 7.02. The molecule has 0 radical (unpaired) electrons. The van der Waals surface area contributed by atoms with Crippen molar-refractivity contribution in [3.8, 4) is 0 Å². The summed E-state index contributed by atoms with van der Waals surface area (Å²) in [4.78, 5) is 0. The van der Waals surface area contributed by atoms with Gasteiger partial charge in [0.1, 0.15) is 0 Å². The highest BCUT2D eigenvalue weighted by Crippen LogP contribution is 1.90. The molecule has 0 aromatic rings. The first-order valence-corrected chi connectivity index (χ1v) is 3.89. The molecule has 0 saturated carbocycles. The Bertz CT molecular complexity index is 70.8. The van der Waals surface area contributed by atoms with Crippen molar-refractivity contribution in [3.05, 3.63) is 0 Å². The van der Waals surface area contributed by atoms with Crippen LogP contribution in [0.4, 0.5) is 0 Å². The average molecular weight is 144 g/mol. The van der Waals surface area contributed by atoms with Crippen LogP contribution in [-0.2, 0) is 0 Å². The fraction of sp³-hybridized carbons (Fsp3) is 1.00. The van der Waals surface area contributed by atoms with Crippen LogP contribution in [0, 0.1) is 0 Å². The van der Waals surface area contributed by atoms with Gasteiger partial charge in [0.2, 0.25) is 0 Å². The molecule has 0 fully saturated rings. The summed E-state index contributed by atoms with van der Waals surface area (Å²) >= 11 is 0. The fourth-order valence-corrected chi connectivity index (χ4v) is 0.757. The lowest BCUT2D eigenvalue weighted by Crippen LogP contribution is -2.31. The highest BCUT2D eigenvalue weighted by molar-refractivity contribution is 6.45. The number of rotatable bonds is 6. The summed E-state index contributed by atoms with van der Waals surface area (Å²) in [5, 5.41) is 11.7. The highest BCUT2D eigenvalue weighted by atomic mass is 16.2. The lowest BCUT2D eigenvalue weighted by molar-refractivity contribution is 0.546. The summed E-state index contributed by atoms with van der Waals surface area (Å²) < 4.78 is 0. The van der Waals surface area contributed by atoms with E-state index in [2.05, 4.69) is 5.23 Å². The average Bonchev–Trinajstić information content (AvgIpc) is 1.87. The van der Waals surface area contributed by atoms with Gasteiger partial charge < -0.3 is 16.0 Å². The molecule has 0 aliphatic heterocycles. The van der Waals surface area contributed by atoms with Crippen molar-refractivity contribution in [2.24, 2.45) is 5.73 Å².